The fourth-order valence-electron chi connectivity index (χ4n) is 0.722. The molecule has 0 atom stereocenters. The van der Waals surface area contributed by atoms with Gasteiger partial charge >= 0.3 is 10.0 Å². The Morgan fingerprint density at radius 2 is 2.08 bits per heavy atom. The van der Waals surface area contributed by atoms with Crippen molar-refractivity contribution in [2.75, 3.05) is 5.73 Å². The Labute approximate surface area is 69.5 Å². The Morgan fingerprint density at radius 1 is 1.42 bits per heavy atom. The second kappa shape index (κ2) is 2.79. The number of benzene rings is 1. The second-order valence-corrected chi connectivity index (χ2v) is 3.71. The van der Waals surface area contributed by atoms with Gasteiger partial charge in [-0.05, 0) is 18.2 Å². The van der Waals surface area contributed by atoms with Gasteiger partial charge in [-0.15, -0.1) is 8.42 Å². The molecule has 5 nitrogen and oxygen atoms in total. The van der Waals surface area contributed by atoms with Gasteiger partial charge in [0.2, 0.25) is 5.39 Å². The van der Waals surface area contributed by atoms with E-state index in [4.69, 9.17) is 11.1 Å². The van der Waals surface area contributed by atoms with Crippen LogP contribution >= 0.6 is 0 Å². The number of nitrogens with zero attached hydrogens (tertiary/aromatic N) is 2. The first-order valence-corrected chi connectivity index (χ1v) is 4.47. The monoisotopic (exact) mass is 184 g/mol. The van der Waals surface area contributed by atoms with Crippen LogP contribution in [0.3, 0.4) is 0 Å². The standard InChI is InChI=1S/C6H6N3O2S/c7-5-2-1-3-6(4-5)12(10,11)9-8/h1-4H,7H2/q+1. The fourth-order valence-corrected chi connectivity index (χ4v) is 1.35. The molecule has 12 heavy (non-hydrogen) atoms. The van der Waals surface area contributed by atoms with Gasteiger partial charge in [0.15, 0.2) is 4.90 Å². The summed E-state index contributed by atoms with van der Waals surface area (Å²) < 4.78 is 24.0. The molecule has 0 bridgehead atoms. The van der Waals surface area contributed by atoms with Crippen LogP contribution in [0.2, 0.25) is 0 Å². The van der Waals surface area contributed by atoms with Crippen molar-refractivity contribution in [1.29, 1.82) is 5.39 Å². The topological polar surface area (TPSA) is 88.3 Å². The van der Waals surface area contributed by atoms with Gasteiger partial charge in [-0.3, -0.25) is 0 Å². The molecule has 0 spiro atoms. The van der Waals surface area contributed by atoms with Crippen LogP contribution in [0.1, 0.15) is 0 Å². The summed E-state index contributed by atoms with van der Waals surface area (Å²) in [7, 11) is -3.92. The van der Waals surface area contributed by atoms with Crippen molar-refractivity contribution in [2.24, 2.45) is 0 Å². The molecule has 1 aromatic rings. The quantitative estimate of drug-likeness (QED) is 0.516. The van der Waals surface area contributed by atoms with Crippen molar-refractivity contribution in [3.8, 4) is 0 Å². The largest absolute Gasteiger partial charge is 0.552 e. The van der Waals surface area contributed by atoms with Crippen LogP contribution in [0.4, 0.5) is 5.69 Å². The van der Waals surface area contributed by atoms with Crippen LogP contribution in [0.15, 0.2) is 29.2 Å². The minimum absolute atomic E-state index is 0.120. The zero-order valence-corrected chi connectivity index (χ0v) is 6.82. The molecule has 2 N–H and O–H groups in total. The van der Waals surface area contributed by atoms with Crippen molar-refractivity contribution in [3.63, 3.8) is 0 Å². The highest BCUT2D eigenvalue weighted by molar-refractivity contribution is 7.93. The molecule has 0 unspecified atom stereocenters. The molecule has 0 radical (unpaired) electrons. The van der Waals surface area contributed by atoms with E-state index in [9.17, 15) is 8.42 Å². The summed E-state index contributed by atoms with van der Waals surface area (Å²) in [6.07, 6.45) is 0. The predicted octanol–water partition coefficient (Wildman–Crippen LogP) is 0.811. The molecule has 0 aromatic heterocycles. The molecule has 0 saturated carbocycles. The van der Waals surface area contributed by atoms with Crippen LogP contribution < -0.4 is 5.73 Å². The van der Waals surface area contributed by atoms with E-state index in [-0.39, 0.29) is 4.90 Å². The van der Waals surface area contributed by atoms with Crippen molar-refractivity contribution in [2.45, 2.75) is 4.90 Å². The van der Waals surface area contributed by atoms with E-state index in [1.807, 2.05) is 0 Å². The van der Waals surface area contributed by atoms with Gasteiger partial charge in [-0.25, -0.2) is 0 Å². The number of rotatable bonds is 1. The number of hydrogen-bond donors (Lipinski definition) is 1. The van der Waals surface area contributed by atoms with Crippen molar-refractivity contribution in [1.82, 2.24) is 0 Å². The predicted molar refractivity (Wildman–Crippen MR) is 43.1 cm³/mol. The van der Waals surface area contributed by atoms with Crippen molar-refractivity contribution < 1.29 is 8.42 Å². The van der Waals surface area contributed by atoms with Gasteiger partial charge in [0, 0.05) is 5.69 Å². The van der Waals surface area contributed by atoms with Crippen LogP contribution in [0, 0.1) is 5.39 Å². The molecular formula is C6H6N3O2S+. The Hall–Kier alpha value is -1.61. The third-order valence-electron chi connectivity index (χ3n) is 1.26. The number of sulfonamides is 1. The van der Waals surface area contributed by atoms with Crippen molar-refractivity contribution >= 4 is 15.7 Å². The first kappa shape index (κ1) is 8.49. The van der Waals surface area contributed by atoms with E-state index in [2.05, 4.69) is 4.38 Å². The lowest BCUT2D eigenvalue weighted by Crippen LogP contribution is -1.94. The lowest BCUT2D eigenvalue weighted by atomic mass is 10.3. The maximum Gasteiger partial charge on any atom is 0.552 e. The Balaban J connectivity index is 3.33. The van der Waals surface area contributed by atoms with Crippen LogP contribution in [0.25, 0.3) is 4.38 Å². The molecule has 6 heteroatoms. The molecule has 0 amide bonds. The third kappa shape index (κ3) is 1.52. The average molecular weight is 184 g/mol. The lowest BCUT2D eigenvalue weighted by molar-refractivity contribution is 0.603. The summed E-state index contributed by atoms with van der Waals surface area (Å²) in [5, 5.41) is 8.13. The van der Waals surface area contributed by atoms with Crippen LogP contribution in [-0.4, -0.2) is 8.42 Å². The SMILES string of the molecule is N#[N+]S(=O)(=O)c1cccc(N)c1. The molecule has 62 valence electrons. The highest BCUT2D eigenvalue weighted by Gasteiger charge is 2.26. The highest BCUT2D eigenvalue weighted by atomic mass is 32.2. The summed E-state index contributed by atoms with van der Waals surface area (Å²) in [5.41, 5.74) is 5.63. The number of diazo groups is 1. The summed E-state index contributed by atoms with van der Waals surface area (Å²) in [6.45, 7) is 0. The van der Waals surface area contributed by atoms with Gasteiger partial charge < -0.3 is 5.73 Å². The zero-order valence-electron chi connectivity index (χ0n) is 6.01. The number of hydrogen-bond acceptors (Lipinski definition) is 4. The molecule has 0 aliphatic heterocycles. The molecule has 0 saturated heterocycles. The molecular weight excluding hydrogens is 178 g/mol. The maximum atomic E-state index is 10.9. The first-order valence-electron chi connectivity index (χ1n) is 3.03. The Bertz CT molecular complexity index is 432. The Kier molecular flexibility index (Phi) is 1.97. The molecule has 0 fully saturated rings. The van der Waals surface area contributed by atoms with E-state index in [0.717, 1.165) is 0 Å². The maximum absolute atomic E-state index is 10.9. The third-order valence-corrected chi connectivity index (χ3v) is 2.33. The smallest absolute Gasteiger partial charge is 0.399 e. The Morgan fingerprint density at radius 3 is 2.58 bits per heavy atom. The summed E-state index contributed by atoms with van der Waals surface area (Å²) in [4.78, 5) is -0.120. The summed E-state index contributed by atoms with van der Waals surface area (Å²) in [5.74, 6) is 0. The molecule has 0 aliphatic rings. The van der Waals surface area contributed by atoms with Gasteiger partial charge in [-0.1, -0.05) is 6.07 Å². The summed E-state index contributed by atoms with van der Waals surface area (Å²) >= 11 is 0. The molecule has 1 rings (SSSR count). The summed E-state index contributed by atoms with van der Waals surface area (Å²) in [6, 6.07) is 5.52. The normalized spacial score (nSPS) is 10.6. The molecule has 0 heterocycles. The van der Waals surface area contributed by atoms with Gasteiger partial charge in [0.25, 0.3) is 4.38 Å². The van der Waals surface area contributed by atoms with Crippen molar-refractivity contribution in [3.05, 3.63) is 28.6 Å². The minimum Gasteiger partial charge on any atom is -0.399 e. The fraction of sp³-hybridized carbons (Fsp3) is 0. The molecule has 0 aliphatic carbocycles. The van der Waals surface area contributed by atoms with E-state index >= 15 is 0 Å². The lowest BCUT2D eigenvalue weighted by Gasteiger charge is -1.90. The minimum atomic E-state index is -3.92. The average Bonchev–Trinajstić information content (AvgIpc) is 2.05. The van der Waals surface area contributed by atoms with E-state index in [0.29, 0.717) is 5.69 Å². The second-order valence-electron chi connectivity index (χ2n) is 2.13. The number of anilines is 1. The van der Waals surface area contributed by atoms with Crippen LogP contribution in [-0.2, 0) is 10.0 Å². The van der Waals surface area contributed by atoms with Gasteiger partial charge in [0.05, 0.1) is 0 Å². The first-order chi connectivity index (χ1) is 5.56. The van der Waals surface area contributed by atoms with Crippen LogP contribution in [0.5, 0.6) is 0 Å². The number of nitrogen functional groups attached to an aromatic ring is 1. The van der Waals surface area contributed by atoms with E-state index < -0.39 is 10.0 Å². The van der Waals surface area contributed by atoms with E-state index in [1.165, 1.54) is 24.3 Å². The highest BCUT2D eigenvalue weighted by Crippen LogP contribution is 2.14. The zero-order chi connectivity index (χ0) is 9.19. The molecule has 1 aromatic carbocycles. The van der Waals surface area contributed by atoms with Gasteiger partial charge in [-0.2, -0.15) is 0 Å². The number of nitrogens with two attached hydrogens (primary N) is 1. The van der Waals surface area contributed by atoms with E-state index in [1.54, 1.807) is 0 Å². The van der Waals surface area contributed by atoms with Gasteiger partial charge in [0.1, 0.15) is 0 Å².